The van der Waals surface area contributed by atoms with E-state index in [4.69, 9.17) is 11.8 Å². The Labute approximate surface area is 299 Å². The maximum absolute atomic E-state index is 12.5. The topological polar surface area (TPSA) is 29.1 Å². The van der Waals surface area contributed by atoms with E-state index in [1.807, 2.05) is 26.0 Å². The normalized spacial score (nSPS) is 18.2. The molecule has 10 unspecified atom stereocenters. The molecular weight excluding hydrogens is 839 g/mol. The number of carbonyl (C=O) groups is 1. The fraction of sp³-hybridized carbons (Fsp3) is 0.500. The molecule has 3 rings (SSSR count). The predicted octanol–water partition coefficient (Wildman–Crippen LogP) is 14.8. The molecule has 0 heterocycles. The summed E-state index contributed by atoms with van der Waals surface area (Å²) < 4.78 is 0. The van der Waals surface area contributed by atoms with Gasteiger partial charge in [0.15, 0.2) is 0 Å². The van der Waals surface area contributed by atoms with Crippen LogP contribution in [0.2, 0.25) is 0 Å². The molecule has 0 fully saturated rings. The van der Waals surface area contributed by atoms with Crippen molar-refractivity contribution in [2.45, 2.75) is 72.6 Å². The molecule has 1 N–H and O–H groups in total. The fourth-order valence-corrected chi connectivity index (χ4v) is 165. The lowest BCUT2D eigenvalue weighted by molar-refractivity contribution is 0.0954. The highest BCUT2D eigenvalue weighted by Gasteiger charge is 2.56. The van der Waals surface area contributed by atoms with Gasteiger partial charge in [0.25, 0.3) is 5.91 Å². The highest BCUT2D eigenvalue weighted by Crippen LogP contribution is 3.21. The largest absolute Gasteiger partial charge is 0.352 e. The van der Waals surface area contributed by atoms with Gasteiger partial charge in [-0.2, -0.15) is 0 Å². The summed E-state index contributed by atoms with van der Waals surface area (Å²) >= 11 is 5.45. The third-order valence-corrected chi connectivity index (χ3v) is 101. The number of nitrogens with one attached hydrogen (secondary N) is 1. The number of amides is 1. The van der Waals surface area contributed by atoms with Gasteiger partial charge in [0.05, 0.1) is 0 Å². The van der Waals surface area contributed by atoms with Crippen molar-refractivity contribution in [3.63, 3.8) is 0 Å². The average Bonchev–Trinajstić information content (AvgIpc) is 3.01. The van der Waals surface area contributed by atoms with E-state index in [2.05, 4.69) is 134 Å². The van der Waals surface area contributed by atoms with Crippen molar-refractivity contribution < 1.29 is 4.79 Å². The molecule has 18 heteroatoms. The van der Waals surface area contributed by atoms with Gasteiger partial charge >= 0.3 is 0 Å². The summed E-state index contributed by atoms with van der Waals surface area (Å²) in [4.78, 5) is 12.5. The molecule has 0 radical (unpaired) electrons. The SMILES string of the molecule is Cc1cc(C)cc(C(=O)NCCc2ccc3c(c2)C(C)(C)C(C)(C)C3(C)C)c1.PPP(P(P)P)P(P=S)P(P(P)P)P(P)P. The molecule has 0 aliphatic heterocycles. The molecule has 1 amide bonds. The van der Waals surface area contributed by atoms with E-state index in [-0.39, 0.29) is 64.1 Å². The molecular formula is C26H50NOP15S. The predicted molar refractivity (Wildman–Crippen MR) is 250 cm³/mol. The Kier molecular flexibility index (Phi) is 19.8. The van der Waals surface area contributed by atoms with Crippen LogP contribution in [-0.4, -0.2) is 12.5 Å². The summed E-state index contributed by atoms with van der Waals surface area (Å²) in [6.07, 6.45) is 0.848. The Hall–Kier alpha value is 4.45. The molecule has 44 heavy (non-hydrogen) atoms. The lowest BCUT2D eigenvalue weighted by Gasteiger charge is -2.44. The monoisotopic (exact) mass is 889 g/mol. The van der Waals surface area contributed by atoms with E-state index in [1.54, 1.807) is 0 Å². The molecule has 2 aromatic carbocycles. The molecule has 1 aliphatic rings. The maximum Gasteiger partial charge on any atom is 0.251 e. The first-order valence-corrected chi connectivity index (χ1v) is 41.4. The number of hydrogen-bond acceptors (Lipinski definition) is 2. The number of benzene rings is 2. The first-order chi connectivity index (χ1) is 20.2. The van der Waals surface area contributed by atoms with E-state index in [9.17, 15) is 4.79 Å². The van der Waals surface area contributed by atoms with Crippen molar-refractivity contribution in [1.29, 1.82) is 0 Å². The van der Waals surface area contributed by atoms with Crippen molar-refractivity contribution >= 4 is 137 Å². The first kappa shape index (κ1) is 44.6. The molecule has 1 aliphatic carbocycles. The second-order valence-corrected chi connectivity index (χ2v) is 68.9. The van der Waals surface area contributed by atoms with Gasteiger partial charge in [-0.05, 0) is 100 Å². The van der Waals surface area contributed by atoms with Crippen molar-refractivity contribution in [3.8, 4) is 0 Å². The summed E-state index contributed by atoms with van der Waals surface area (Å²) in [6.45, 7) is 19.4. The third kappa shape index (κ3) is 11.0. The third-order valence-electron chi connectivity index (χ3n) is 8.89. The van der Waals surface area contributed by atoms with Gasteiger partial charge in [-0.3, -0.25) is 4.79 Å². The Balaban J connectivity index is 0.000000362. The zero-order valence-corrected chi connectivity index (χ0v) is 43.0. The molecule has 0 saturated heterocycles. The summed E-state index contributed by atoms with van der Waals surface area (Å²) in [6, 6.07) is 12.9. The second-order valence-electron chi connectivity index (χ2n) is 12.3. The molecule has 0 bridgehead atoms. The standard InChI is InChI=1S/C26H35NO.H15P15S/c1-17-13-18(2)15-20(14-17)23(28)27-12-11-19-9-10-21-22(16-19)25(5,6)26(7,8)24(21,3)4;1-8-13(10(2)3)14(9-16)15(11(4)5)12(6)7/h9-10,13-16H,11-12H2,1-8H3,(H,27,28);8H,1-7H2. The summed E-state index contributed by atoms with van der Waals surface area (Å²) in [7, 11) is 23.5. The van der Waals surface area contributed by atoms with Gasteiger partial charge in [0.1, 0.15) is 0 Å². The fourth-order valence-electron chi connectivity index (χ4n) is 5.45. The molecule has 246 valence electrons. The van der Waals surface area contributed by atoms with Crippen LogP contribution in [0.1, 0.15) is 79.7 Å². The van der Waals surface area contributed by atoms with Crippen molar-refractivity contribution in [2.24, 2.45) is 5.41 Å². The van der Waals surface area contributed by atoms with Gasteiger partial charge < -0.3 is 5.32 Å². The number of fused-ring (bicyclic) bond motifs is 1. The van der Waals surface area contributed by atoms with Gasteiger partial charge in [-0.25, -0.2) is 0 Å². The Morgan fingerprint density at radius 1 is 0.841 bits per heavy atom. The van der Waals surface area contributed by atoms with Crippen LogP contribution >= 0.6 is 119 Å². The Morgan fingerprint density at radius 2 is 1.36 bits per heavy atom. The van der Waals surface area contributed by atoms with Crippen LogP contribution in [-0.2, 0) is 29.1 Å². The highest BCUT2D eigenvalue weighted by molar-refractivity contribution is 9.27. The Bertz CT molecular complexity index is 1280. The number of hydrogen-bond donors (Lipinski definition) is 1. The van der Waals surface area contributed by atoms with E-state index in [0.29, 0.717) is 6.54 Å². The Morgan fingerprint density at radius 3 is 1.82 bits per heavy atom. The van der Waals surface area contributed by atoms with Gasteiger partial charge in [0, 0.05) is 26.1 Å². The number of rotatable bonds is 11. The maximum atomic E-state index is 12.5. The van der Waals surface area contributed by atoms with E-state index >= 15 is 0 Å². The highest BCUT2D eigenvalue weighted by atomic mass is 33.3. The van der Waals surface area contributed by atoms with Crippen LogP contribution in [0.3, 0.4) is 0 Å². The molecule has 10 atom stereocenters. The van der Waals surface area contributed by atoms with Gasteiger partial charge in [-0.1, -0.05) is 96.7 Å². The van der Waals surface area contributed by atoms with E-state index in [1.165, 1.54) is 23.7 Å². The molecule has 2 nitrogen and oxygen atoms in total. The van der Waals surface area contributed by atoms with Crippen LogP contribution in [0, 0.1) is 19.3 Å². The summed E-state index contributed by atoms with van der Waals surface area (Å²) in [5.74, 6) is 0.00977. The van der Waals surface area contributed by atoms with Gasteiger partial charge in [-0.15, -0.1) is 62.5 Å². The van der Waals surface area contributed by atoms with E-state index < -0.39 is 0 Å². The van der Waals surface area contributed by atoms with Crippen LogP contribution in [0.5, 0.6) is 0 Å². The van der Waals surface area contributed by atoms with Crippen molar-refractivity contribution in [3.05, 3.63) is 69.8 Å². The molecule has 0 aromatic heterocycles. The summed E-state index contributed by atoms with van der Waals surface area (Å²) in [5.41, 5.74) is 7.64. The van der Waals surface area contributed by atoms with Crippen molar-refractivity contribution in [2.75, 3.05) is 6.54 Å². The zero-order chi connectivity index (χ0) is 33.8. The molecule has 2 aromatic rings. The first-order valence-electron chi connectivity index (χ1n) is 13.8. The smallest absolute Gasteiger partial charge is 0.251 e. The van der Waals surface area contributed by atoms with Crippen molar-refractivity contribution in [1.82, 2.24) is 5.32 Å². The summed E-state index contributed by atoms with van der Waals surface area (Å²) in [5, 5.41) is 3.08. The van der Waals surface area contributed by atoms with Crippen LogP contribution in [0.4, 0.5) is 0 Å². The number of carbonyl (C=O) groups excluding carboxylic acids is 1. The van der Waals surface area contributed by atoms with Crippen LogP contribution < -0.4 is 5.32 Å². The van der Waals surface area contributed by atoms with Crippen LogP contribution in [0.15, 0.2) is 36.4 Å². The quantitative estimate of drug-likeness (QED) is 0.228. The van der Waals surface area contributed by atoms with Gasteiger partial charge in [0.2, 0.25) is 0 Å². The van der Waals surface area contributed by atoms with E-state index in [0.717, 1.165) is 31.1 Å². The minimum atomic E-state index is 0.00977. The minimum absolute atomic E-state index is 0.00977. The second kappa shape index (κ2) is 19.5. The lowest BCUT2D eigenvalue weighted by Crippen LogP contribution is -2.42. The van der Waals surface area contributed by atoms with Crippen LogP contribution in [0.25, 0.3) is 0 Å². The average molecular weight is 889 g/mol. The zero-order valence-electron chi connectivity index (χ0n) is 26.9. The lowest BCUT2D eigenvalue weighted by atomic mass is 9.59. The molecule has 0 spiro atoms. The number of aryl methyl sites for hydroxylation is 2. The minimum Gasteiger partial charge on any atom is -0.352 e. The molecule has 0 saturated carbocycles.